The van der Waals surface area contributed by atoms with Gasteiger partial charge < -0.3 is 10.5 Å². The fraction of sp³-hybridized carbons (Fsp3) is 0.357. The number of phenols is 1. The number of carbonyl (C=O) groups excluding carboxylic acids is 1. The van der Waals surface area contributed by atoms with E-state index >= 15 is 0 Å². The Morgan fingerprint density at radius 3 is 2.83 bits per heavy atom. The van der Waals surface area contributed by atoms with Gasteiger partial charge >= 0.3 is 0 Å². The molecule has 4 nitrogen and oxygen atoms in total. The number of para-hydroxylation sites is 1. The van der Waals surface area contributed by atoms with Crippen molar-refractivity contribution < 1.29 is 9.90 Å². The molecule has 0 heterocycles. The number of hydrazine groups is 1. The van der Waals surface area contributed by atoms with Gasteiger partial charge in [0.25, 0.3) is 5.91 Å². The molecule has 1 aliphatic rings. The van der Waals surface area contributed by atoms with E-state index in [2.05, 4.69) is 23.9 Å². The quantitative estimate of drug-likeness (QED) is 0.717. The maximum Gasteiger partial charge on any atom is 0.273 e. The summed E-state index contributed by atoms with van der Waals surface area (Å²) in [6, 6.07) is 6.49. The highest BCUT2D eigenvalue weighted by atomic mass is 16.3. The lowest BCUT2D eigenvalue weighted by atomic mass is 9.95. The van der Waals surface area contributed by atoms with Crippen LogP contribution >= 0.6 is 0 Å². The van der Waals surface area contributed by atoms with Crippen LogP contribution in [0.15, 0.2) is 36.0 Å². The van der Waals surface area contributed by atoms with Crippen molar-refractivity contribution in [1.82, 2.24) is 10.9 Å². The average Bonchev–Trinajstić information content (AvgIpc) is 2.38. The topological polar surface area (TPSA) is 61.4 Å². The van der Waals surface area contributed by atoms with Crippen molar-refractivity contribution in [3.8, 4) is 5.75 Å². The Labute approximate surface area is 107 Å². The number of phenolic OH excluding ortho intramolecular Hbond substituents is 1. The van der Waals surface area contributed by atoms with Crippen LogP contribution in [0, 0.1) is 5.92 Å². The number of allylic oxidation sites excluding steroid dienone is 2. The molecule has 0 radical (unpaired) electrons. The number of hydrogen-bond acceptors (Lipinski definition) is 3. The van der Waals surface area contributed by atoms with Crippen LogP contribution in [-0.4, -0.2) is 11.0 Å². The summed E-state index contributed by atoms with van der Waals surface area (Å²) in [6.45, 7) is 2.22. The predicted molar refractivity (Wildman–Crippen MR) is 69.8 cm³/mol. The fourth-order valence-electron chi connectivity index (χ4n) is 1.95. The highest BCUT2D eigenvalue weighted by Crippen LogP contribution is 2.21. The van der Waals surface area contributed by atoms with Crippen LogP contribution in [0.2, 0.25) is 0 Å². The zero-order valence-corrected chi connectivity index (χ0v) is 10.4. The largest absolute Gasteiger partial charge is 0.507 e. The monoisotopic (exact) mass is 246 g/mol. The lowest BCUT2D eigenvalue weighted by Crippen LogP contribution is -2.37. The summed E-state index contributed by atoms with van der Waals surface area (Å²) in [6.07, 6.45) is 5.22. The molecule has 0 spiro atoms. The lowest BCUT2D eigenvalue weighted by Gasteiger charge is -2.19. The molecule has 1 aromatic carbocycles. The van der Waals surface area contributed by atoms with Gasteiger partial charge in [0, 0.05) is 5.70 Å². The summed E-state index contributed by atoms with van der Waals surface area (Å²) in [5, 5.41) is 9.55. The highest BCUT2D eigenvalue weighted by molar-refractivity contribution is 5.96. The van der Waals surface area contributed by atoms with Gasteiger partial charge in [0.05, 0.1) is 5.56 Å². The first-order valence-electron chi connectivity index (χ1n) is 6.20. The van der Waals surface area contributed by atoms with Gasteiger partial charge in [-0.2, -0.15) is 0 Å². The van der Waals surface area contributed by atoms with E-state index < -0.39 is 0 Å². The van der Waals surface area contributed by atoms with E-state index in [1.54, 1.807) is 18.2 Å². The van der Waals surface area contributed by atoms with E-state index in [-0.39, 0.29) is 17.2 Å². The number of carbonyl (C=O) groups is 1. The molecule has 96 valence electrons. The van der Waals surface area contributed by atoms with Crippen molar-refractivity contribution in [2.24, 2.45) is 5.92 Å². The van der Waals surface area contributed by atoms with Gasteiger partial charge in [-0.15, -0.1) is 0 Å². The molecule has 3 N–H and O–H groups in total. The summed E-state index contributed by atoms with van der Waals surface area (Å²) >= 11 is 0. The molecule has 1 aliphatic carbocycles. The van der Waals surface area contributed by atoms with Crippen LogP contribution in [0.5, 0.6) is 5.75 Å². The molecule has 1 amide bonds. The fourth-order valence-corrected chi connectivity index (χ4v) is 1.95. The molecule has 0 fully saturated rings. The van der Waals surface area contributed by atoms with Gasteiger partial charge in [-0.25, -0.2) is 0 Å². The maximum atomic E-state index is 11.8. The number of nitrogens with one attached hydrogen (secondary N) is 2. The van der Waals surface area contributed by atoms with Crippen molar-refractivity contribution in [2.45, 2.75) is 26.2 Å². The van der Waals surface area contributed by atoms with Crippen molar-refractivity contribution >= 4 is 5.91 Å². The number of benzene rings is 1. The lowest BCUT2D eigenvalue weighted by molar-refractivity contribution is 0.0935. The first kappa shape index (κ1) is 12.5. The molecule has 4 heteroatoms. The summed E-state index contributed by atoms with van der Waals surface area (Å²) in [5.74, 6) is 0.375. The zero-order chi connectivity index (χ0) is 13.0. The summed E-state index contributed by atoms with van der Waals surface area (Å²) in [7, 11) is 0. The van der Waals surface area contributed by atoms with E-state index in [4.69, 9.17) is 0 Å². The molecular weight excluding hydrogens is 228 g/mol. The van der Waals surface area contributed by atoms with E-state index in [0.717, 1.165) is 25.0 Å². The molecule has 18 heavy (non-hydrogen) atoms. The van der Waals surface area contributed by atoms with E-state index in [1.165, 1.54) is 6.07 Å². The zero-order valence-electron chi connectivity index (χ0n) is 10.4. The third kappa shape index (κ3) is 3.03. The Balaban J connectivity index is 1.91. The standard InChI is InChI=1S/C14H18N2O2/c1-10-6-8-11(9-7-10)15-16-14(18)12-4-2-3-5-13(12)17/h2-5,8,10,15,17H,6-7,9H2,1H3,(H,16,18). The predicted octanol–water partition coefficient (Wildman–Crippen LogP) is 2.33. The van der Waals surface area contributed by atoms with E-state index in [1.807, 2.05) is 0 Å². The molecule has 0 aromatic heterocycles. The van der Waals surface area contributed by atoms with Crippen LogP contribution in [0.3, 0.4) is 0 Å². The summed E-state index contributed by atoms with van der Waals surface area (Å²) in [4.78, 5) is 11.8. The summed E-state index contributed by atoms with van der Waals surface area (Å²) in [5.41, 5.74) is 6.84. The number of rotatable bonds is 3. The van der Waals surface area contributed by atoms with E-state index in [0.29, 0.717) is 5.92 Å². The van der Waals surface area contributed by atoms with Crippen LogP contribution in [-0.2, 0) is 0 Å². The van der Waals surface area contributed by atoms with Crippen molar-refractivity contribution in [3.05, 3.63) is 41.6 Å². The minimum absolute atomic E-state index is 0.0111. The van der Waals surface area contributed by atoms with Gasteiger partial charge in [0.1, 0.15) is 5.75 Å². The third-order valence-electron chi connectivity index (χ3n) is 3.16. The van der Waals surface area contributed by atoms with Crippen LogP contribution in [0.25, 0.3) is 0 Å². The SMILES string of the molecule is CC1CC=C(NNC(=O)c2ccccc2O)CC1. The van der Waals surface area contributed by atoms with Gasteiger partial charge in [0.15, 0.2) is 0 Å². The van der Waals surface area contributed by atoms with Gasteiger partial charge in [-0.1, -0.05) is 25.1 Å². The Kier molecular flexibility index (Phi) is 3.87. The highest BCUT2D eigenvalue weighted by Gasteiger charge is 2.12. The van der Waals surface area contributed by atoms with Gasteiger partial charge in [-0.05, 0) is 37.3 Å². The van der Waals surface area contributed by atoms with Gasteiger partial charge in [-0.3, -0.25) is 10.2 Å². The molecule has 0 saturated carbocycles. The summed E-state index contributed by atoms with van der Waals surface area (Å²) < 4.78 is 0. The molecule has 1 atom stereocenters. The Hall–Kier alpha value is -1.97. The minimum Gasteiger partial charge on any atom is -0.507 e. The molecule has 0 bridgehead atoms. The second-order valence-electron chi connectivity index (χ2n) is 4.71. The number of hydrogen-bond donors (Lipinski definition) is 3. The Morgan fingerprint density at radius 2 is 2.17 bits per heavy atom. The van der Waals surface area contributed by atoms with Crippen LogP contribution in [0.4, 0.5) is 0 Å². The Bertz CT molecular complexity index is 469. The van der Waals surface area contributed by atoms with E-state index in [9.17, 15) is 9.90 Å². The maximum absolute atomic E-state index is 11.8. The molecule has 2 rings (SSSR count). The van der Waals surface area contributed by atoms with Crippen molar-refractivity contribution in [3.63, 3.8) is 0 Å². The van der Waals surface area contributed by atoms with Gasteiger partial charge in [0.2, 0.25) is 0 Å². The normalized spacial score (nSPS) is 18.9. The van der Waals surface area contributed by atoms with Crippen molar-refractivity contribution in [2.75, 3.05) is 0 Å². The second-order valence-corrected chi connectivity index (χ2v) is 4.71. The molecule has 0 saturated heterocycles. The average molecular weight is 246 g/mol. The number of amides is 1. The van der Waals surface area contributed by atoms with Crippen LogP contribution < -0.4 is 10.9 Å². The smallest absolute Gasteiger partial charge is 0.273 e. The molecule has 1 unspecified atom stereocenters. The van der Waals surface area contributed by atoms with Crippen LogP contribution in [0.1, 0.15) is 36.5 Å². The number of aromatic hydroxyl groups is 1. The minimum atomic E-state index is -0.326. The molecule has 0 aliphatic heterocycles. The second kappa shape index (κ2) is 5.58. The molecular formula is C14H18N2O2. The first-order chi connectivity index (χ1) is 8.66. The van der Waals surface area contributed by atoms with Crippen molar-refractivity contribution in [1.29, 1.82) is 0 Å². The first-order valence-corrected chi connectivity index (χ1v) is 6.20. The molecule has 1 aromatic rings. The third-order valence-corrected chi connectivity index (χ3v) is 3.16. The Morgan fingerprint density at radius 1 is 1.39 bits per heavy atom.